The lowest BCUT2D eigenvalue weighted by Gasteiger charge is -2.34. The molecule has 1 rings (SSSR count). The van der Waals surface area contributed by atoms with Crippen LogP contribution in [0.2, 0.25) is 0 Å². The fraction of sp³-hybridized carbons (Fsp3) is 1.00. The first-order chi connectivity index (χ1) is 4.77. The standard InChI is InChI=1S/C7H14FNO/c1-2-3-10-6-7(8)4-9-5-7/h9H,2-6H2,1H3. The van der Waals surface area contributed by atoms with Crippen LogP contribution in [0, 0.1) is 0 Å². The number of nitrogens with one attached hydrogen (secondary N) is 1. The summed E-state index contributed by atoms with van der Waals surface area (Å²) >= 11 is 0. The molecular weight excluding hydrogens is 133 g/mol. The van der Waals surface area contributed by atoms with Gasteiger partial charge in [0.1, 0.15) is 0 Å². The molecule has 60 valence electrons. The Hall–Kier alpha value is -0.150. The monoisotopic (exact) mass is 147 g/mol. The van der Waals surface area contributed by atoms with Crippen molar-refractivity contribution >= 4 is 0 Å². The summed E-state index contributed by atoms with van der Waals surface area (Å²) in [5, 5.41) is 2.87. The molecule has 1 heterocycles. The van der Waals surface area contributed by atoms with Crippen LogP contribution in [-0.2, 0) is 4.74 Å². The highest BCUT2D eigenvalue weighted by molar-refractivity contribution is 4.92. The van der Waals surface area contributed by atoms with Gasteiger partial charge >= 0.3 is 0 Å². The zero-order chi connectivity index (χ0) is 7.45. The Balaban J connectivity index is 2.01. The second-order valence-electron chi connectivity index (χ2n) is 2.81. The van der Waals surface area contributed by atoms with E-state index in [1.807, 2.05) is 6.92 Å². The van der Waals surface area contributed by atoms with Gasteiger partial charge in [-0.1, -0.05) is 6.92 Å². The van der Waals surface area contributed by atoms with E-state index in [1.165, 1.54) is 0 Å². The smallest absolute Gasteiger partial charge is 0.158 e. The van der Waals surface area contributed by atoms with Crippen molar-refractivity contribution in [1.29, 1.82) is 0 Å². The SMILES string of the molecule is CCCOCC1(F)CNC1. The van der Waals surface area contributed by atoms with E-state index in [2.05, 4.69) is 5.32 Å². The molecule has 0 unspecified atom stereocenters. The maximum atomic E-state index is 13.0. The van der Waals surface area contributed by atoms with Crippen LogP contribution in [-0.4, -0.2) is 32.0 Å². The van der Waals surface area contributed by atoms with Gasteiger partial charge in [-0.05, 0) is 6.42 Å². The molecule has 0 atom stereocenters. The van der Waals surface area contributed by atoms with Gasteiger partial charge < -0.3 is 10.1 Å². The van der Waals surface area contributed by atoms with Crippen molar-refractivity contribution < 1.29 is 9.13 Å². The van der Waals surface area contributed by atoms with Crippen molar-refractivity contribution in [3.05, 3.63) is 0 Å². The van der Waals surface area contributed by atoms with E-state index in [4.69, 9.17) is 4.74 Å². The lowest BCUT2D eigenvalue weighted by atomic mass is 10.0. The maximum absolute atomic E-state index is 13.0. The molecule has 1 aliphatic rings. The molecule has 0 spiro atoms. The molecule has 0 aliphatic carbocycles. The van der Waals surface area contributed by atoms with Crippen LogP contribution < -0.4 is 5.32 Å². The second kappa shape index (κ2) is 3.30. The Bertz CT molecular complexity index is 104. The van der Waals surface area contributed by atoms with Gasteiger partial charge in [0.05, 0.1) is 6.61 Å². The van der Waals surface area contributed by atoms with Gasteiger partial charge in [-0.2, -0.15) is 0 Å². The highest BCUT2D eigenvalue weighted by Gasteiger charge is 2.36. The third kappa shape index (κ3) is 1.92. The van der Waals surface area contributed by atoms with Crippen LogP contribution in [0.15, 0.2) is 0 Å². The van der Waals surface area contributed by atoms with Crippen molar-refractivity contribution in [3.8, 4) is 0 Å². The van der Waals surface area contributed by atoms with E-state index >= 15 is 0 Å². The van der Waals surface area contributed by atoms with Gasteiger partial charge in [0.25, 0.3) is 0 Å². The number of alkyl halides is 1. The highest BCUT2D eigenvalue weighted by atomic mass is 19.1. The summed E-state index contributed by atoms with van der Waals surface area (Å²) in [6.07, 6.45) is 0.962. The normalized spacial score (nSPS) is 22.2. The first kappa shape index (κ1) is 7.95. The van der Waals surface area contributed by atoms with Crippen molar-refractivity contribution in [1.82, 2.24) is 5.32 Å². The molecule has 0 aromatic heterocycles. The first-order valence-corrected chi connectivity index (χ1v) is 3.74. The molecule has 1 fully saturated rings. The summed E-state index contributed by atoms with van der Waals surface area (Å²) in [6.45, 7) is 3.86. The van der Waals surface area contributed by atoms with Gasteiger partial charge in [0.2, 0.25) is 0 Å². The first-order valence-electron chi connectivity index (χ1n) is 3.74. The average Bonchev–Trinajstić information content (AvgIpc) is 1.85. The van der Waals surface area contributed by atoms with Gasteiger partial charge in [-0.15, -0.1) is 0 Å². The number of hydrogen-bond acceptors (Lipinski definition) is 2. The van der Waals surface area contributed by atoms with Gasteiger partial charge in [0, 0.05) is 19.7 Å². The summed E-state index contributed by atoms with van der Waals surface area (Å²) in [7, 11) is 0. The molecule has 2 nitrogen and oxygen atoms in total. The number of rotatable bonds is 4. The summed E-state index contributed by atoms with van der Waals surface area (Å²) < 4.78 is 18.1. The summed E-state index contributed by atoms with van der Waals surface area (Å²) in [6, 6.07) is 0. The Labute approximate surface area is 60.8 Å². The third-order valence-electron chi connectivity index (χ3n) is 1.59. The van der Waals surface area contributed by atoms with Crippen LogP contribution in [0.4, 0.5) is 4.39 Å². The van der Waals surface area contributed by atoms with Crippen molar-refractivity contribution in [2.45, 2.75) is 19.0 Å². The second-order valence-corrected chi connectivity index (χ2v) is 2.81. The quantitative estimate of drug-likeness (QED) is 0.592. The Kier molecular flexibility index (Phi) is 2.63. The highest BCUT2D eigenvalue weighted by Crippen LogP contribution is 2.16. The van der Waals surface area contributed by atoms with E-state index in [0.29, 0.717) is 19.7 Å². The van der Waals surface area contributed by atoms with Crippen molar-refractivity contribution in [3.63, 3.8) is 0 Å². The minimum Gasteiger partial charge on any atom is -0.378 e. The molecule has 0 amide bonds. The van der Waals surface area contributed by atoms with Crippen molar-refractivity contribution in [2.75, 3.05) is 26.3 Å². The zero-order valence-corrected chi connectivity index (χ0v) is 6.32. The van der Waals surface area contributed by atoms with Gasteiger partial charge in [-0.25, -0.2) is 4.39 Å². The Morgan fingerprint density at radius 1 is 1.60 bits per heavy atom. The lowest BCUT2D eigenvalue weighted by Crippen LogP contribution is -2.59. The molecule has 0 bridgehead atoms. The molecule has 10 heavy (non-hydrogen) atoms. The predicted octanol–water partition coefficient (Wildman–Crippen LogP) is 0.724. The van der Waals surface area contributed by atoms with Crippen LogP contribution in [0.25, 0.3) is 0 Å². The molecule has 3 heteroatoms. The number of ether oxygens (including phenoxy) is 1. The van der Waals surface area contributed by atoms with E-state index in [1.54, 1.807) is 0 Å². The van der Waals surface area contributed by atoms with E-state index in [9.17, 15) is 4.39 Å². The summed E-state index contributed by atoms with van der Waals surface area (Å²) in [4.78, 5) is 0. The topological polar surface area (TPSA) is 21.3 Å². The fourth-order valence-corrected chi connectivity index (χ4v) is 0.898. The zero-order valence-electron chi connectivity index (χ0n) is 6.32. The Morgan fingerprint density at radius 3 is 2.70 bits per heavy atom. The minimum absolute atomic E-state index is 0.258. The molecule has 1 aliphatic heterocycles. The summed E-state index contributed by atoms with van der Waals surface area (Å²) in [5.74, 6) is 0. The van der Waals surface area contributed by atoms with Gasteiger partial charge in [0.15, 0.2) is 5.67 Å². The predicted molar refractivity (Wildman–Crippen MR) is 37.8 cm³/mol. The number of halogens is 1. The lowest BCUT2D eigenvalue weighted by molar-refractivity contribution is -0.0170. The van der Waals surface area contributed by atoms with Crippen LogP contribution >= 0.6 is 0 Å². The van der Waals surface area contributed by atoms with Crippen molar-refractivity contribution in [2.24, 2.45) is 0 Å². The fourth-order valence-electron chi connectivity index (χ4n) is 0.898. The largest absolute Gasteiger partial charge is 0.378 e. The van der Waals surface area contributed by atoms with Crippen LogP contribution in [0.5, 0.6) is 0 Å². The molecule has 1 saturated heterocycles. The molecule has 0 aromatic carbocycles. The van der Waals surface area contributed by atoms with Crippen LogP contribution in [0.3, 0.4) is 0 Å². The third-order valence-corrected chi connectivity index (χ3v) is 1.59. The summed E-state index contributed by atoms with van der Waals surface area (Å²) in [5.41, 5.74) is -1.06. The molecule has 0 aromatic rings. The molecule has 0 saturated carbocycles. The van der Waals surface area contributed by atoms with Crippen LogP contribution in [0.1, 0.15) is 13.3 Å². The Morgan fingerprint density at radius 2 is 2.30 bits per heavy atom. The molecule has 1 N–H and O–H groups in total. The van der Waals surface area contributed by atoms with E-state index in [-0.39, 0.29) is 6.61 Å². The molecular formula is C7H14FNO. The molecule has 0 radical (unpaired) electrons. The van der Waals surface area contributed by atoms with Gasteiger partial charge in [-0.3, -0.25) is 0 Å². The minimum atomic E-state index is -1.06. The number of hydrogen-bond donors (Lipinski definition) is 1. The van der Waals surface area contributed by atoms with E-state index in [0.717, 1.165) is 6.42 Å². The average molecular weight is 147 g/mol. The van der Waals surface area contributed by atoms with E-state index < -0.39 is 5.67 Å². The maximum Gasteiger partial charge on any atom is 0.158 e.